The molecule has 0 unspecified atom stereocenters. The lowest BCUT2D eigenvalue weighted by Gasteiger charge is -2.33. The molecule has 1 aliphatic heterocycles. The highest BCUT2D eigenvalue weighted by atomic mass is 127. The number of thiophene rings is 1. The van der Waals surface area contributed by atoms with E-state index in [1.54, 1.807) is 0 Å². The highest BCUT2D eigenvalue weighted by Gasteiger charge is 2.20. The number of nitrogens with one attached hydrogen (secondary N) is 2. The average Bonchev–Trinajstić information content (AvgIpc) is 3.39. The summed E-state index contributed by atoms with van der Waals surface area (Å²) >= 11 is 1.82. The van der Waals surface area contributed by atoms with Crippen molar-refractivity contribution in [1.29, 1.82) is 0 Å². The van der Waals surface area contributed by atoms with E-state index in [1.165, 1.54) is 21.7 Å². The first-order valence-electron chi connectivity index (χ1n) is 11.3. The summed E-state index contributed by atoms with van der Waals surface area (Å²) in [4.78, 5) is 6.89. The first kappa shape index (κ1) is 25.5. The summed E-state index contributed by atoms with van der Waals surface area (Å²) in [5, 5.41) is 10.6. The van der Waals surface area contributed by atoms with Gasteiger partial charge in [0.15, 0.2) is 5.96 Å². The Bertz CT molecular complexity index is 956. The molecule has 33 heavy (non-hydrogen) atoms. The van der Waals surface area contributed by atoms with E-state index in [0.717, 1.165) is 38.4 Å². The lowest BCUT2D eigenvalue weighted by Crippen LogP contribution is -2.48. The summed E-state index contributed by atoms with van der Waals surface area (Å²) < 4.78 is 5.83. The summed E-state index contributed by atoms with van der Waals surface area (Å²) in [6.07, 6.45) is 2.24. The Labute approximate surface area is 218 Å². The zero-order chi connectivity index (χ0) is 22.0. The number of nitrogens with zero attached hydrogens (tertiary/aromatic N) is 2. The maximum Gasteiger partial charge on any atom is 0.191 e. The Kier molecular flexibility index (Phi) is 10.5. The van der Waals surface area contributed by atoms with Gasteiger partial charge in [-0.1, -0.05) is 54.6 Å². The molecule has 0 bridgehead atoms. The van der Waals surface area contributed by atoms with Crippen molar-refractivity contribution >= 4 is 46.3 Å². The molecule has 0 saturated carbocycles. The Hall–Kier alpha value is -2.10. The number of rotatable bonds is 8. The van der Waals surface area contributed by atoms with Crippen LogP contribution in [0, 0.1) is 0 Å². The third-order valence-corrected chi connectivity index (χ3v) is 6.67. The highest BCUT2D eigenvalue weighted by molar-refractivity contribution is 14.0. The molecule has 0 spiro atoms. The van der Waals surface area contributed by atoms with Crippen molar-refractivity contribution in [3.63, 3.8) is 0 Å². The van der Waals surface area contributed by atoms with Crippen molar-refractivity contribution in [3.05, 3.63) is 88.8 Å². The maximum absolute atomic E-state index is 5.83. The molecule has 2 N–H and O–H groups in total. The molecule has 4 rings (SSSR count). The summed E-state index contributed by atoms with van der Waals surface area (Å²) in [6, 6.07) is 23.6. The molecule has 0 aliphatic carbocycles. The van der Waals surface area contributed by atoms with E-state index in [4.69, 9.17) is 4.74 Å². The first-order chi connectivity index (χ1) is 15.8. The fourth-order valence-corrected chi connectivity index (χ4v) is 4.67. The van der Waals surface area contributed by atoms with Crippen LogP contribution in [0.15, 0.2) is 77.1 Å². The van der Waals surface area contributed by atoms with Gasteiger partial charge in [-0.3, -0.25) is 4.99 Å². The van der Waals surface area contributed by atoms with Gasteiger partial charge < -0.3 is 20.3 Å². The Morgan fingerprint density at radius 3 is 2.24 bits per heavy atom. The fourth-order valence-electron chi connectivity index (χ4n) is 3.88. The van der Waals surface area contributed by atoms with E-state index in [0.29, 0.717) is 19.3 Å². The average molecular weight is 577 g/mol. The van der Waals surface area contributed by atoms with Crippen LogP contribution in [0.3, 0.4) is 0 Å². The number of piperidine rings is 1. The smallest absolute Gasteiger partial charge is 0.191 e. The van der Waals surface area contributed by atoms with E-state index in [2.05, 4.69) is 74.4 Å². The fraction of sp³-hybridized carbons (Fsp3) is 0.346. The van der Waals surface area contributed by atoms with Crippen molar-refractivity contribution < 1.29 is 4.74 Å². The molecular formula is C26H33IN4OS. The molecule has 1 saturated heterocycles. The van der Waals surface area contributed by atoms with Crippen LogP contribution < -0.4 is 15.5 Å². The van der Waals surface area contributed by atoms with Crippen LogP contribution in [0.1, 0.15) is 29.5 Å². The molecule has 0 radical (unpaired) electrons. The van der Waals surface area contributed by atoms with E-state index in [-0.39, 0.29) is 24.0 Å². The second kappa shape index (κ2) is 13.6. The summed E-state index contributed by atoms with van der Waals surface area (Å²) in [7, 11) is 1.84. The van der Waals surface area contributed by atoms with Crippen molar-refractivity contribution in [1.82, 2.24) is 10.6 Å². The number of ether oxygens (including phenoxy) is 1. The number of hydrogen-bond donors (Lipinski definition) is 2. The van der Waals surface area contributed by atoms with Crippen LogP contribution in [0.2, 0.25) is 0 Å². The summed E-state index contributed by atoms with van der Waals surface area (Å²) in [5.74, 6) is 0.870. The lowest BCUT2D eigenvalue weighted by atomic mass is 10.1. The van der Waals surface area contributed by atoms with Crippen molar-refractivity contribution in [2.75, 3.05) is 25.0 Å². The monoisotopic (exact) mass is 576 g/mol. The molecule has 7 heteroatoms. The molecule has 5 nitrogen and oxygen atoms in total. The van der Waals surface area contributed by atoms with Gasteiger partial charge in [-0.2, -0.15) is 0 Å². The summed E-state index contributed by atoms with van der Waals surface area (Å²) in [5.41, 5.74) is 3.61. The number of aliphatic imine (C=N–C) groups is 1. The van der Waals surface area contributed by atoms with Gasteiger partial charge >= 0.3 is 0 Å². The number of hydrogen-bond acceptors (Lipinski definition) is 4. The maximum atomic E-state index is 5.83. The van der Waals surface area contributed by atoms with Crippen LogP contribution >= 0.6 is 35.3 Å². The van der Waals surface area contributed by atoms with Crippen molar-refractivity contribution in [2.45, 2.75) is 38.6 Å². The van der Waals surface area contributed by atoms with E-state index >= 15 is 0 Å². The third kappa shape index (κ3) is 8.01. The topological polar surface area (TPSA) is 48.9 Å². The number of anilines is 1. The van der Waals surface area contributed by atoms with Crippen LogP contribution in [0.5, 0.6) is 0 Å². The lowest BCUT2D eigenvalue weighted by molar-refractivity contribution is 0.107. The van der Waals surface area contributed by atoms with Gasteiger partial charge in [0.25, 0.3) is 0 Å². The Morgan fingerprint density at radius 2 is 1.61 bits per heavy atom. The summed E-state index contributed by atoms with van der Waals surface area (Å²) in [6.45, 7) is 4.18. The third-order valence-electron chi connectivity index (χ3n) is 5.74. The minimum atomic E-state index is 0. The van der Waals surface area contributed by atoms with Crippen molar-refractivity contribution in [2.24, 2.45) is 4.99 Å². The zero-order valence-corrected chi connectivity index (χ0v) is 22.2. The number of benzene rings is 2. The Morgan fingerprint density at radius 1 is 0.939 bits per heavy atom. The minimum absolute atomic E-state index is 0. The second-order valence-electron chi connectivity index (χ2n) is 8.08. The molecular weight excluding hydrogens is 543 g/mol. The minimum Gasteiger partial charge on any atom is -0.372 e. The standard InChI is InChI=1S/C26H32N4OS.HI/c1-27-26(29-24-13-15-30(16-14-24)25-8-5-17-32-25)28-18-21-9-11-23(12-10-21)20-31-19-22-6-3-2-4-7-22;/h2-12,17,24H,13-16,18-20H2,1H3,(H2,27,28,29);1H. The predicted molar refractivity (Wildman–Crippen MR) is 150 cm³/mol. The Balaban J connectivity index is 0.00000306. The van der Waals surface area contributed by atoms with Crippen LogP contribution in [0.4, 0.5) is 5.00 Å². The normalized spacial score (nSPS) is 14.6. The van der Waals surface area contributed by atoms with Crippen LogP contribution in [-0.4, -0.2) is 32.1 Å². The number of halogens is 1. The molecule has 176 valence electrons. The van der Waals surface area contributed by atoms with Crippen LogP contribution in [0.25, 0.3) is 0 Å². The van der Waals surface area contributed by atoms with E-state index in [9.17, 15) is 0 Å². The molecule has 3 aromatic rings. The largest absolute Gasteiger partial charge is 0.372 e. The van der Waals surface area contributed by atoms with Crippen molar-refractivity contribution in [3.8, 4) is 0 Å². The van der Waals surface area contributed by atoms with Gasteiger partial charge in [0.1, 0.15) is 0 Å². The SMILES string of the molecule is CN=C(NCc1ccc(COCc2ccccc2)cc1)NC1CCN(c2cccs2)CC1.I. The molecule has 1 fully saturated rings. The second-order valence-corrected chi connectivity index (χ2v) is 9.00. The zero-order valence-electron chi connectivity index (χ0n) is 19.1. The van der Waals surface area contributed by atoms with Gasteiger partial charge in [-0.25, -0.2) is 0 Å². The van der Waals surface area contributed by atoms with Gasteiger partial charge in [-0.05, 0) is 47.0 Å². The molecule has 1 aromatic heterocycles. The first-order valence-corrected chi connectivity index (χ1v) is 12.1. The molecule has 2 aromatic carbocycles. The van der Waals surface area contributed by atoms with Gasteiger partial charge in [0, 0.05) is 32.7 Å². The molecule has 0 amide bonds. The van der Waals surface area contributed by atoms with Gasteiger partial charge in [-0.15, -0.1) is 35.3 Å². The van der Waals surface area contributed by atoms with E-state index in [1.807, 2.05) is 36.6 Å². The van der Waals surface area contributed by atoms with Crippen LogP contribution in [-0.2, 0) is 24.5 Å². The molecule has 2 heterocycles. The number of guanidine groups is 1. The molecule has 1 aliphatic rings. The van der Waals surface area contributed by atoms with E-state index < -0.39 is 0 Å². The van der Waals surface area contributed by atoms with Gasteiger partial charge in [0.2, 0.25) is 0 Å². The highest BCUT2D eigenvalue weighted by Crippen LogP contribution is 2.24. The predicted octanol–water partition coefficient (Wildman–Crippen LogP) is 5.42. The van der Waals surface area contributed by atoms with Gasteiger partial charge in [0.05, 0.1) is 18.2 Å². The molecule has 0 atom stereocenters. The quantitative estimate of drug-likeness (QED) is 0.214.